The molecule has 1 N–H and O–H groups in total. The van der Waals surface area contributed by atoms with Gasteiger partial charge in [-0.3, -0.25) is 0 Å². The number of aliphatic hydroxyl groups excluding tert-OH is 1. The van der Waals surface area contributed by atoms with E-state index in [1.807, 2.05) is 19.9 Å². The number of aryl methyl sites for hydroxylation is 2. The standard InChI is InChI=1S/C21H24O2/c1-21(2,13-22)23-16-8-11-18-15(12-16)7-10-19-17-5-3-4-14(17)6-9-20(18)19/h6,8-9,11-12,22H,3-5,7,10,13H2,1-2H3. The Morgan fingerprint density at radius 3 is 2.57 bits per heavy atom. The maximum absolute atomic E-state index is 9.39. The molecule has 2 aliphatic rings. The van der Waals surface area contributed by atoms with Crippen LogP contribution in [-0.4, -0.2) is 17.3 Å². The van der Waals surface area contributed by atoms with Gasteiger partial charge in [-0.05, 0) is 91.5 Å². The van der Waals surface area contributed by atoms with Gasteiger partial charge in [0.2, 0.25) is 0 Å². The van der Waals surface area contributed by atoms with Crippen LogP contribution in [0.5, 0.6) is 5.75 Å². The van der Waals surface area contributed by atoms with E-state index in [1.54, 1.807) is 16.7 Å². The summed E-state index contributed by atoms with van der Waals surface area (Å²) in [5.74, 6) is 0.854. The van der Waals surface area contributed by atoms with E-state index in [-0.39, 0.29) is 6.61 Å². The Bertz CT molecular complexity index is 759. The third-order valence-electron chi connectivity index (χ3n) is 5.19. The molecule has 0 saturated carbocycles. The van der Waals surface area contributed by atoms with E-state index in [0.29, 0.717) is 0 Å². The van der Waals surface area contributed by atoms with E-state index in [4.69, 9.17) is 4.74 Å². The quantitative estimate of drug-likeness (QED) is 0.925. The first kappa shape index (κ1) is 14.8. The van der Waals surface area contributed by atoms with E-state index >= 15 is 0 Å². The molecule has 4 rings (SSSR count). The Hall–Kier alpha value is -1.80. The number of hydrogen-bond acceptors (Lipinski definition) is 2. The van der Waals surface area contributed by atoms with Crippen LogP contribution in [0, 0.1) is 0 Å². The lowest BCUT2D eigenvalue weighted by Crippen LogP contribution is -2.32. The third-order valence-corrected chi connectivity index (χ3v) is 5.19. The smallest absolute Gasteiger partial charge is 0.126 e. The van der Waals surface area contributed by atoms with Crippen molar-refractivity contribution in [2.24, 2.45) is 0 Å². The second-order valence-corrected chi connectivity index (χ2v) is 7.42. The van der Waals surface area contributed by atoms with Crippen molar-refractivity contribution in [2.75, 3.05) is 6.61 Å². The van der Waals surface area contributed by atoms with Crippen molar-refractivity contribution in [3.05, 3.63) is 52.6 Å². The molecule has 23 heavy (non-hydrogen) atoms. The lowest BCUT2D eigenvalue weighted by Gasteiger charge is -2.27. The van der Waals surface area contributed by atoms with Crippen LogP contribution < -0.4 is 4.74 Å². The summed E-state index contributed by atoms with van der Waals surface area (Å²) in [5, 5.41) is 9.39. The highest BCUT2D eigenvalue weighted by Gasteiger charge is 2.24. The maximum atomic E-state index is 9.39. The second kappa shape index (κ2) is 5.38. The summed E-state index contributed by atoms with van der Waals surface area (Å²) < 4.78 is 5.93. The first-order valence-electron chi connectivity index (χ1n) is 8.64. The predicted molar refractivity (Wildman–Crippen MR) is 93.1 cm³/mol. The van der Waals surface area contributed by atoms with Crippen LogP contribution in [-0.2, 0) is 25.7 Å². The van der Waals surface area contributed by atoms with Crippen LogP contribution in [0.1, 0.15) is 42.5 Å². The molecule has 0 unspecified atom stereocenters. The van der Waals surface area contributed by atoms with Crippen LogP contribution in [0.15, 0.2) is 30.3 Å². The van der Waals surface area contributed by atoms with Crippen LogP contribution in [0.3, 0.4) is 0 Å². The van der Waals surface area contributed by atoms with Gasteiger partial charge in [0.25, 0.3) is 0 Å². The van der Waals surface area contributed by atoms with Crippen molar-refractivity contribution in [1.29, 1.82) is 0 Å². The van der Waals surface area contributed by atoms with E-state index in [1.165, 1.54) is 36.0 Å². The minimum atomic E-state index is -0.540. The molecular formula is C21H24O2. The fourth-order valence-corrected chi connectivity index (χ4v) is 3.99. The van der Waals surface area contributed by atoms with E-state index in [0.717, 1.165) is 18.6 Å². The highest BCUT2D eigenvalue weighted by molar-refractivity contribution is 5.76. The minimum Gasteiger partial charge on any atom is -0.485 e. The van der Waals surface area contributed by atoms with Gasteiger partial charge in [-0.1, -0.05) is 18.2 Å². The van der Waals surface area contributed by atoms with Gasteiger partial charge in [0.15, 0.2) is 0 Å². The number of benzene rings is 2. The topological polar surface area (TPSA) is 29.5 Å². The van der Waals surface area contributed by atoms with Crippen molar-refractivity contribution in [3.63, 3.8) is 0 Å². The minimum absolute atomic E-state index is 0.0130. The molecule has 0 atom stereocenters. The third kappa shape index (κ3) is 2.55. The van der Waals surface area contributed by atoms with Crippen molar-refractivity contribution >= 4 is 0 Å². The van der Waals surface area contributed by atoms with E-state index in [2.05, 4.69) is 24.3 Å². The van der Waals surface area contributed by atoms with Gasteiger partial charge in [0.1, 0.15) is 11.4 Å². The van der Waals surface area contributed by atoms with Crippen LogP contribution >= 0.6 is 0 Å². The highest BCUT2D eigenvalue weighted by Crippen LogP contribution is 2.40. The number of hydrogen-bond donors (Lipinski definition) is 1. The summed E-state index contributed by atoms with van der Waals surface area (Å²) in [5.41, 5.74) is 8.36. The molecule has 0 saturated heterocycles. The summed E-state index contributed by atoms with van der Waals surface area (Å²) in [6.45, 7) is 3.83. The molecule has 0 radical (unpaired) electrons. The largest absolute Gasteiger partial charge is 0.485 e. The average Bonchev–Trinajstić information content (AvgIpc) is 3.02. The number of ether oxygens (including phenoxy) is 1. The monoisotopic (exact) mass is 308 g/mol. The summed E-state index contributed by atoms with van der Waals surface area (Å²) >= 11 is 0. The first-order valence-corrected chi connectivity index (χ1v) is 8.64. The van der Waals surface area contributed by atoms with Crippen LogP contribution in [0.4, 0.5) is 0 Å². The van der Waals surface area contributed by atoms with Gasteiger partial charge < -0.3 is 9.84 Å². The molecule has 2 heteroatoms. The summed E-state index contributed by atoms with van der Waals surface area (Å²) in [7, 11) is 0. The molecule has 2 nitrogen and oxygen atoms in total. The lowest BCUT2D eigenvalue weighted by atomic mass is 9.82. The van der Waals surface area contributed by atoms with Gasteiger partial charge in [-0.2, -0.15) is 0 Å². The van der Waals surface area contributed by atoms with Gasteiger partial charge in [-0.25, -0.2) is 0 Å². The number of aliphatic hydroxyl groups is 1. The zero-order chi connectivity index (χ0) is 16.0. The molecule has 0 spiro atoms. The molecule has 0 fully saturated rings. The van der Waals surface area contributed by atoms with Gasteiger partial charge in [-0.15, -0.1) is 0 Å². The molecular weight excluding hydrogens is 284 g/mol. The first-order chi connectivity index (χ1) is 11.1. The average molecular weight is 308 g/mol. The zero-order valence-electron chi connectivity index (χ0n) is 14.0. The summed E-state index contributed by atoms with van der Waals surface area (Å²) in [6.07, 6.45) is 6.02. The number of fused-ring (bicyclic) bond motifs is 5. The summed E-state index contributed by atoms with van der Waals surface area (Å²) in [6, 6.07) is 11.0. The fraction of sp³-hybridized carbons (Fsp3) is 0.429. The Kier molecular flexibility index (Phi) is 3.46. The van der Waals surface area contributed by atoms with Crippen molar-refractivity contribution in [1.82, 2.24) is 0 Å². The number of rotatable bonds is 3. The summed E-state index contributed by atoms with van der Waals surface area (Å²) in [4.78, 5) is 0. The molecule has 0 heterocycles. The molecule has 2 aromatic rings. The molecule has 2 aromatic carbocycles. The van der Waals surface area contributed by atoms with Gasteiger partial charge >= 0.3 is 0 Å². The van der Waals surface area contributed by atoms with Gasteiger partial charge in [0, 0.05) is 0 Å². The predicted octanol–water partition coefficient (Wildman–Crippen LogP) is 4.09. The van der Waals surface area contributed by atoms with Gasteiger partial charge in [0.05, 0.1) is 6.61 Å². The Morgan fingerprint density at radius 1 is 0.913 bits per heavy atom. The SMILES string of the molecule is CC(C)(CO)Oc1ccc2c(c1)CCc1c-2ccc2c1CCC2. The highest BCUT2D eigenvalue weighted by atomic mass is 16.5. The Balaban J connectivity index is 1.73. The molecule has 120 valence electrons. The fourth-order valence-electron chi connectivity index (χ4n) is 3.99. The molecule has 0 bridgehead atoms. The molecule has 2 aliphatic carbocycles. The lowest BCUT2D eigenvalue weighted by molar-refractivity contribution is 0.0412. The Morgan fingerprint density at radius 2 is 1.74 bits per heavy atom. The Labute approximate surface area is 138 Å². The normalized spacial score (nSPS) is 15.8. The van der Waals surface area contributed by atoms with E-state index in [9.17, 15) is 5.11 Å². The van der Waals surface area contributed by atoms with Crippen molar-refractivity contribution in [2.45, 2.75) is 51.6 Å². The maximum Gasteiger partial charge on any atom is 0.126 e. The second-order valence-electron chi connectivity index (χ2n) is 7.42. The van der Waals surface area contributed by atoms with E-state index < -0.39 is 5.60 Å². The zero-order valence-corrected chi connectivity index (χ0v) is 14.0. The van der Waals surface area contributed by atoms with Crippen molar-refractivity contribution in [3.8, 4) is 16.9 Å². The van der Waals surface area contributed by atoms with Crippen LogP contribution in [0.25, 0.3) is 11.1 Å². The molecule has 0 amide bonds. The van der Waals surface area contributed by atoms with Crippen LogP contribution in [0.2, 0.25) is 0 Å². The van der Waals surface area contributed by atoms with Crippen molar-refractivity contribution < 1.29 is 9.84 Å². The molecule has 0 aliphatic heterocycles. The molecule has 0 aromatic heterocycles.